The number of carboxylic acid groups (broad SMARTS) is 1. The van der Waals surface area contributed by atoms with E-state index in [0.717, 1.165) is 89.9 Å². The normalized spacial score (nSPS) is 13.3. The molecule has 0 amide bonds. The lowest BCUT2D eigenvalue weighted by Gasteiger charge is -2.25. The zero-order chi connectivity index (χ0) is 52.0. The van der Waals surface area contributed by atoms with E-state index in [0.29, 0.717) is 17.4 Å². The number of likely N-dealkylation sites (N-methyl/N-ethyl adjacent to an activating group) is 1. The Morgan fingerprint density at radius 3 is 1.20 bits per heavy atom. The van der Waals surface area contributed by atoms with Crippen LogP contribution in [0.3, 0.4) is 0 Å². The summed E-state index contributed by atoms with van der Waals surface area (Å²) in [6.45, 7) is 4.67. The molecule has 0 fully saturated rings. The quantitative estimate of drug-likeness (QED) is 0.0211. The van der Waals surface area contributed by atoms with Crippen LogP contribution in [0.25, 0.3) is 0 Å². The smallest absolute Gasteiger partial charge is 0.361 e. The SMILES string of the molecule is CC/C=C\C/C=C\C/C=C\C/C=C\C/C=C\C/C=C\CCCCCCCCCCCCCCCCCCCCCCCCC(=O)OC(COC(=O)CCCCCCC)COC(OCC[N+](C)(C)C)C(=O)O. The van der Waals surface area contributed by atoms with E-state index in [1.807, 2.05) is 21.1 Å². The summed E-state index contributed by atoms with van der Waals surface area (Å²) in [6.07, 6.45) is 66.4. The van der Waals surface area contributed by atoms with Gasteiger partial charge in [-0.25, -0.2) is 4.79 Å². The molecule has 2 atom stereocenters. The van der Waals surface area contributed by atoms with Gasteiger partial charge in [0.2, 0.25) is 0 Å². The van der Waals surface area contributed by atoms with Gasteiger partial charge in [0.25, 0.3) is 6.29 Å². The number of aliphatic carboxylic acids is 1. The van der Waals surface area contributed by atoms with Crippen molar-refractivity contribution in [1.29, 1.82) is 0 Å². The fourth-order valence-corrected chi connectivity index (χ4v) is 8.02. The number of carboxylic acids is 1. The van der Waals surface area contributed by atoms with Gasteiger partial charge in [-0.15, -0.1) is 0 Å². The molecule has 2 unspecified atom stereocenters. The molecule has 1 N–H and O–H groups in total. The van der Waals surface area contributed by atoms with Crippen molar-refractivity contribution in [2.45, 2.75) is 257 Å². The standard InChI is InChI=1S/C62H109NO8/c1-6-8-10-12-13-14-15-16-17-18-19-20-21-22-23-24-25-26-27-28-29-30-31-32-33-34-35-36-37-38-39-40-41-42-43-44-45-46-47-49-51-53-60(65)71-58(56-69-59(64)52-50-48-11-9-7-2)57-70-62(61(66)67)68-55-54-63(3,4)5/h8,10,13-14,16-17,19-20,22-23,25-26,58,62H,6-7,9,11-12,15,18,21,24,27-57H2,1-5H3/p+1/b10-8-,14-13-,17-16-,20-19-,23-22-,26-25-. The van der Waals surface area contributed by atoms with Crippen molar-refractivity contribution in [3.8, 4) is 0 Å². The van der Waals surface area contributed by atoms with Gasteiger partial charge in [0.05, 0.1) is 34.4 Å². The Morgan fingerprint density at radius 2 is 0.803 bits per heavy atom. The van der Waals surface area contributed by atoms with Gasteiger partial charge in [-0.05, 0) is 64.2 Å². The van der Waals surface area contributed by atoms with Gasteiger partial charge in [0.15, 0.2) is 6.10 Å². The zero-order valence-corrected chi connectivity index (χ0v) is 46.6. The molecule has 0 aromatic carbocycles. The maximum atomic E-state index is 12.8. The van der Waals surface area contributed by atoms with E-state index >= 15 is 0 Å². The molecule has 0 bridgehead atoms. The molecule has 0 radical (unpaired) electrons. The fourth-order valence-electron chi connectivity index (χ4n) is 8.02. The molecule has 0 aromatic heterocycles. The van der Waals surface area contributed by atoms with E-state index in [2.05, 4.69) is 86.8 Å². The molecular weight excluding hydrogens is 887 g/mol. The van der Waals surface area contributed by atoms with E-state index in [-0.39, 0.29) is 32.2 Å². The predicted molar refractivity (Wildman–Crippen MR) is 299 cm³/mol. The summed E-state index contributed by atoms with van der Waals surface area (Å²) in [5.74, 6) is -2.01. The summed E-state index contributed by atoms with van der Waals surface area (Å²) in [4.78, 5) is 36.9. The summed E-state index contributed by atoms with van der Waals surface area (Å²) < 4.78 is 22.6. The summed E-state index contributed by atoms with van der Waals surface area (Å²) in [6, 6.07) is 0. The number of esters is 2. The van der Waals surface area contributed by atoms with Crippen LogP contribution in [-0.2, 0) is 33.3 Å². The van der Waals surface area contributed by atoms with Gasteiger partial charge in [0.1, 0.15) is 13.2 Å². The lowest BCUT2D eigenvalue weighted by atomic mass is 10.0. The minimum Gasteiger partial charge on any atom is -0.477 e. The van der Waals surface area contributed by atoms with Crippen molar-refractivity contribution in [2.24, 2.45) is 0 Å². The van der Waals surface area contributed by atoms with E-state index in [1.165, 1.54) is 128 Å². The van der Waals surface area contributed by atoms with Gasteiger partial charge in [-0.2, -0.15) is 0 Å². The monoisotopic (exact) mass is 997 g/mol. The molecule has 9 nitrogen and oxygen atoms in total. The number of ether oxygens (including phenoxy) is 4. The van der Waals surface area contributed by atoms with E-state index in [1.54, 1.807) is 0 Å². The van der Waals surface area contributed by atoms with Gasteiger partial charge in [-0.1, -0.05) is 241 Å². The molecule has 410 valence electrons. The van der Waals surface area contributed by atoms with E-state index in [4.69, 9.17) is 18.9 Å². The Morgan fingerprint density at radius 1 is 0.437 bits per heavy atom. The minimum absolute atomic E-state index is 0.181. The van der Waals surface area contributed by atoms with Crippen LogP contribution >= 0.6 is 0 Å². The summed E-state index contributed by atoms with van der Waals surface area (Å²) in [5.41, 5.74) is 0. The number of carbonyl (C=O) groups excluding carboxylic acids is 2. The third-order valence-electron chi connectivity index (χ3n) is 12.5. The molecule has 0 saturated heterocycles. The number of rotatable bonds is 53. The number of hydrogen-bond donors (Lipinski definition) is 1. The predicted octanol–water partition coefficient (Wildman–Crippen LogP) is 17.0. The Bertz CT molecular complexity index is 1390. The zero-order valence-electron chi connectivity index (χ0n) is 46.6. The van der Waals surface area contributed by atoms with Crippen molar-refractivity contribution in [3.63, 3.8) is 0 Å². The van der Waals surface area contributed by atoms with Gasteiger partial charge in [0, 0.05) is 12.8 Å². The summed E-state index contributed by atoms with van der Waals surface area (Å²) in [7, 11) is 5.95. The molecule has 0 aliphatic carbocycles. The third-order valence-corrected chi connectivity index (χ3v) is 12.5. The molecule has 71 heavy (non-hydrogen) atoms. The second-order valence-electron chi connectivity index (χ2n) is 20.6. The van der Waals surface area contributed by atoms with E-state index < -0.39 is 24.3 Å². The summed E-state index contributed by atoms with van der Waals surface area (Å²) >= 11 is 0. The lowest BCUT2D eigenvalue weighted by Crippen LogP contribution is -2.40. The maximum absolute atomic E-state index is 12.8. The van der Waals surface area contributed by atoms with Crippen LogP contribution in [0.4, 0.5) is 0 Å². The highest BCUT2D eigenvalue weighted by molar-refractivity contribution is 5.71. The van der Waals surface area contributed by atoms with Gasteiger partial charge < -0.3 is 28.5 Å². The van der Waals surface area contributed by atoms with Crippen molar-refractivity contribution >= 4 is 17.9 Å². The average molecular weight is 998 g/mol. The van der Waals surface area contributed by atoms with Crippen LogP contribution in [0.2, 0.25) is 0 Å². The molecular formula is C62H110NO8+. The number of hydrogen-bond acceptors (Lipinski definition) is 7. The van der Waals surface area contributed by atoms with Crippen LogP contribution in [0.15, 0.2) is 72.9 Å². The third kappa shape index (κ3) is 54.3. The number of unbranched alkanes of at least 4 members (excludes halogenated alkanes) is 26. The Labute approximate surface area is 437 Å². The highest BCUT2D eigenvalue weighted by Crippen LogP contribution is 2.17. The number of quaternary nitrogens is 1. The fraction of sp³-hybridized carbons (Fsp3) is 0.758. The second-order valence-corrected chi connectivity index (χ2v) is 20.6. The van der Waals surface area contributed by atoms with E-state index in [9.17, 15) is 19.5 Å². The highest BCUT2D eigenvalue weighted by atomic mass is 16.7. The maximum Gasteiger partial charge on any atom is 0.361 e. The Balaban J connectivity index is 3.79. The topological polar surface area (TPSA) is 108 Å². The van der Waals surface area contributed by atoms with Crippen LogP contribution in [0.1, 0.15) is 245 Å². The molecule has 9 heteroatoms. The van der Waals surface area contributed by atoms with Crippen LogP contribution < -0.4 is 0 Å². The first-order valence-electron chi connectivity index (χ1n) is 29.1. The van der Waals surface area contributed by atoms with Gasteiger partial charge in [-0.3, -0.25) is 9.59 Å². The first-order valence-corrected chi connectivity index (χ1v) is 29.1. The van der Waals surface area contributed by atoms with Crippen LogP contribution in [0, 0.1) is 0 Å². The lowest BCUT2D eigenvalue weighted by molar-refractivity contribution is -0.870. The molecule has 0 aromatic rings. The minimum atomic E-state index is -1.50. The molecule has 0 spiro atoms. The van der Waals surface area contributed by atoms with Crippen LogP contribution in [0.5, 0.6) is 0 Å². The first-order chi connectivity index (χ1) is 34.6. The largest absolute Gasteiger partial charge is 0.477 e. The van der Waals surface area contributed by atoms with Crippen molar-refractivity contribution in [2.75, 3.05) is 47.5 Å². The number of nitrogens with zero attached hydrogens (tertiary/aromatic N) is 1. The molecule has 0 heterocycles. The number of carbonyl (C=O) groups is 3. The summed E-state index contributed by atoms with van der Waals surface area (Å²) in [5, 5.41) is 9.61. The van der Waals surface area contributed by atoms with Crippen molar-refractivity contribution in [1.82, 2.24) is 0 Å². The molecule has 0 aliphatic rings. The van der Waals surface area contributed by atoms with Crippen molar-refractivity contribution in [3.05, 3.63) is 72.9 Å². The second kappa shape index (κ2) is 53.0. The molecule has 0 rings (SSSR count). The molecule has 0 aliphatic heterocycles. The highest BCUT2D eigenvalue weighted by Gasteiger charge is 2.25. The molecule has 0 saturated carbocycles. The average Bonchev–Trinajstić information content (AvgIpc) is 3.34. The Kier molecular flexibility index (Phi) is 50.6. The van der Waals surface area contributed by atoms with Gasteiger partial charge >= 0.3 is 17.9 Å². The van der Waals surface area contributed by atoms with Crippen molar-refractivity contribution < 1.29 is 42.9 Å². The first kappa shape index (κ1) is 67.7. The Hall–Kier alpha value is -3.27. The number of allylic oxidation sites excluding steroid dienone is 12. The van der Waals surface area contributed by atoms with Crippen LogP contribution in [-0.4, -0.2) is 87.4 Å².